The van der Waals surface area contributed by atoms with Gasteiger partial charge in [-0.15, -0.1) is 22.7 Å². The van der Waals surface area contributed by atoms with E-state index in [0.29, 0.717) is 10.6 Å². The fraction of sp³-hybridized carbons (Fsp3) is 0.0476. The summed E-state index contributed by atoms with van der Waals surface area (Å²) in [5.74, 6) is -0.480. The minimum absolute atomic E-state index is 0.00604. The van der Waals surface area contributed by atoms with Crippen molar-refractivity contribution in [2.45, 2.75) is 6.92 Å². The number of benzene rings is 2. The van der Waals surface area contributed by atoms with Gasteiger partial charge < -0.3 is 5.32 Å². The Labute approximate surface area is 173 Å². The molecular formula is C21H14N4O2S2. The van der Waals surface area contributed by atoms with Crippen molar-refractivity contribution in [3.8, 4) is 10.6 Å². The summed E-state index contributed by atoms with van der Waals surface area (Å²) >= 11 is 2.98. The van der Waals surface area contributed by atoms with E-state index < -0.39 is 5.91 Å². The Morgan fingerprint density at radius 3 is 2.79 bits per heavy atom. The van der Waals surface area contributed by atoms with E-state index in [2.05, 4.69) is 34.3 Å². The molecule has 8 heteroatoms. The molecule has 0 fully saturated rings. The van der Waals surface area contributed by atoms with Gasteiger partial charge in [0.25, 0.3) is 11.5 Å². The van der Waals surface area contributed by atoms with Crippen LogP contribution in [0.3, 0.4) is 0 Å². The molecule has 0 spiro atoms. The van der Waals surface area contributed by atoms with Crippen LogP contribution in [0.1, 0.15) is 15.9 Å². The Bertz CT molecular complexity index is 1430. The van der Waals surface area contributed by atoms with Crippen LogP contribution in [0.25, 0.3) is 25.7 Å². The first-order chi connectivity index (χ1) is 14.1. The van der Waals surface area contributed by atoms with Gasteiger partial charge in [-0.05, 0) is 48.9 Å². The Hall–Kier alpha value is -3.36. The van der Waals surface area contributed by atoms with Crippen molar-refractivity contribution in [1.82, 2.24) is 14.4 Å². The highest BCUT2D eigenvalue weighted by Gasteiger charge is 2.14. The standard InChI is InChI=1S/C21H14N4O2S2/c1-12-2-7-16-17(10-12)29-19(24-16)13-3-5-14(6-4-13)23-18(26)15-11-22-21-25(20(15)27)8-9-28-21/h2-11H,1H3,(H,23,26). The number of carbonyl (C=O) groups excluding carboxylic acids is 1. The third kappa shape index (κ3) is 3.22. The van der Waals surface area contributed by atoms with E-state index in [4.69, 9.17) is 0 Å². The van der Waals surface area contributed by atoms with Crippen molar-refractivity contribution < 1.29 is 4.79 Å². The molecule has 142 valence electrons. The Kier molecular flexibility index (Phi) is 4.22. The first-order valence-electron chi connectivity index (χ1n) is 8.82. The highest BCUT2D eigenvalue weighted by Crippen LogP contribution is 2.31. The lowest BCUT2D eigenvalue weighted by atomic mass is 10.2. The molecule has 3 heterocycles. The maximum atomic E-state index is 12.5. The quantitative estimate of drug-likeness (QED) is 0.465. The van der Waals surface area contributed by atoms with Gasteiger partial charge >= 0.3 is 0 Å². The van der Waals surface area contributed by atoms with Crippen LogP contribution in [-0.2, 0) is 0 Å². The molecule has 1 amide bonds. The van der Waals surface area contributed by atoms with Crippen molar-refractivity contribution in [2.24, 2.45) is 0 Å². The fourth-order valence-electron chi connectivity index (χ4n) is 3.03. The van der Waals surface area contributed by atoms with E-state index in [9.17, 15) is 9.59 Å². The number of nitrogens with one attached hydrogen (secondary N) is 1. The second-order valence-electron chi connectivity index (χ2n) is 6.55. The molecule has 5 aromatic rings. The van der Waals surface area contributed by atoms with Crippen molar-refractivity contribution in [1.29, 1.82) is 0 Å². The van der Waals surface area contributed by atoms with Gasteiger partial charge in [0.05, 0.1) is 10.2 Å². The third-order valence-electron chi connectivity index (χ3n) is 4.52. The number of aromatic nitrogens is 3. The molecule has 0 atom stereocenters. The highest BCUT2D eigenvalue weighted by molar-refractivity contribution is 7.21. The number of thiazole rings is 2. The molecule has 0 aliphatic rings. The lowest BCUT2D eigenvalue weighted by Gasteiger charge is -2.05. The van der Waals surface area contributed by atoms with E-state index in [1.54, 1.807) is 35.0 Å². The predicted octanol–water partition coefficient (Wildman–Crippen LogP) is 4.59. The van der Waals surface area contributed by atoms with Crippen molar-refractivity contribution >= 4 is 49.4 Å². The average Bonchev–Trinajstić information content (AvgIpc) is 3.35. The molecule has 29 heavy (non-hydrogen) atoms. The summed E-state index contributed by atoms with van der Waals surface area (Å²) in [6, 6.07) is 13.6. The normalized spacial score (nSPS) is 11.2. The zero-order valence-corrected chi connectivity index (χ0v) is 16.9. The summed E-state index contributed by atoms with van der Waals surface area (Å²) in [5, 5.41) is 5.45. The predicted molar refractivity (Wildman–Crippen MR) is 117 cm³/mol. The first kappa shape index (κ1) is 17.7. The SMILES string of the molecule is Cc1ccc2nc(-c3ccc(NC(=O)c4cnc5sccn5c4=O)cc3)sc2c1. The number of hydrogen-bond donors (Lipinski definition) is 1. The summed E-state index contributed by atoms with van der Waals surface area (Å²) in [7, 11) is 0. The van der Waals surface area contributed by atoms with Gasteiger partial charge in [-0.2, -0.15) is 0 Å². The van der Waals surface area contributed by atoms with Crippen molar-refractivity contribution in [3.63, 3.8) is 0 Å². The van der Waals surface area contributed by atoms with Crippen LogP contribution in [0.2, 0.25) is 0 Å². The zero-order valence-electron chi connectivity index (χ0n) is 15.2. The van der Waals surface area contributed by atoms with Crippen molar-refractivity contribution in [3.05, 3.63) is 81.7 Å². The number of fused-ring (bicyclic) bond motifs is 2. The van der Waals surface area contributed by atoms with Gasteiger partial charge in [0.15, 0.2) is 4.96 Å². The Morgan fingerprint density at radius 1 is 1.14 bits per heavy atom. The van der Waals surface area contributed by atoms with E-state index >= 15 is 0 Å². The second-order valence-corrected chi connectivity index (χ2v) is 8.46. The van der Waals surface area contributed by atoms with E-state index in [0.717, 1.165) is 20.8 Å². The average molecular weight is 419 g/mol. The topological polar surface area (TPSA) is 76.4 Å². The molecule has 0 saturated carbocycles. The molecule has 0 aliphatic heterocycles. The third-order valence-corrected chi connectivity index (χ3v) is 6.36. The zero-order chi connectivity index (χ0) is 20.0. The second kappa shape index (κ2) is 6.91. The number of rotatable bonds is 3. The van der Waals surface area contributed by atoms with Gasteiger partial charge in [0, 0.05) is 29.0 Å². The summed E-state index contributed by atoms with van der Waals surface area (Å²) in [4.78, 5) is 34.4. The van der Waals surface area contributed by atoms with Gasteiger partial charge in [0.1, 0.15) is 10.6 Å². The Balaban J connectivity index is 1.40. The molecule has 2 aromatic carbocycles. The lowest BCUT2D eigenvalue weighted by molar-refractivity contribution is 0.102. The van der Waals surface area contributed by atoms with Crippen LogP contribution >= 0.6 is 22.7 Å². The van der Waals surface area contributed by atoms with Crippen LogP contribution in [-0.4, -0.2) is 20.3 Å². The summed E-state index contributed by atoms with van der Waals surface area (Å²) in [5.41, 5.74) is 3.39. The van der Waals surface area contributed by atoms with Crippen LogP contribution in [0, 0.1) is 6.92 Å². The van der Waals surface area contributed by atoms with E-state index in [1.807, 2.05) is 18.2 Å². The van der Waals surface area contributed by atoms with Crippen LogP contribution in [0.15, 0.2) is 65.0 Å². The maximum absolute atomic E-state index is 12.5. The van der Waals surface area contributed by atoms with E-state index in [-0.39, 0.29) is 11.1 Å². The van der Waals surface area contributed by atoms with Crippen LogP contribution < -0.4 is 10.9 Å². The summed E-state index contributed by atoms with van der Waals surface area (Å²) < 4.78 is 2.52. The minimum Gasteiger partial charge on any atom is -0.322 e. The molecule has 0 radical (unpaired) electrons. The largest absolute Gasteiger partial charge is 0.322 e. The molecule has 5 rings (SSSR count). The van der Waals surface area contributed by atoms with Gasteiger partial charge in [-0.25, -0.2) is 9.97 Å². The number of anilines is 1. The fourth-order valence-corrected chi connectivity index (χ4v) is 4.77. The summed E-state index contributed by atoms with van der Waals surface area (Å²) in [6.45, 7) is 2.06. The monoisotopic (exact) mass is 418 g/mol. The molecule has 0 aliphatic carbocycles. The van der Waals surface area contributed by atoms with Crippen molar-refractivity contribution in [2.75, 3.05) is 5.32 Å². The molecule has 0 saturated heterocycles. The van der Waals surface area contributed by atoms with E-state index in [1.165, 1.54) is 27.5 Å². The molecular weight excluding hydrogens is 404 g/mol. The first-order valence-corrected chi connectivity index (χ1v) is 10.5. The number of nitrogens with zero attached hydrogens (tertiary/aromatic N) is 3. The van der Waals surface area contributed by atoms with Gasteiger partial charge in [-0.1, -0.05) is 6.07 Å². The lowest BCUT2D eigenvalue weighted by Crippen LogP contribution is -2.25. The summed E-state index contributed by atoms with van der Waals surface area (Å²) in [6.07, 6.45) is 2.93. The number of hydrogen-bond acceptors (Lipinski definition) is 6. The van der Waals surface area contributed by atoms with Crippen LogP contribution in [0.4, 0.5) is 5.69 Å². The molecule has 1 N–H and O–H groups in total. The minimum atomic E-state index is -0.480. The molecule has 0 bridgehead atoms. The van der Waals surface area contributed by atoms with Gasteiger partial charge in [0.2, 0.25) is 0 Å². The molecule has 3 aromatic heterocycles. The smallest absolute Gasteiger partial charge is 0.271 e. The highest BCUT2D eigenvalue weighted by atomic mass is 32.1. The molecule has 0 unspecified atom stereocenters. The van der Waals surface area contributed by atoms with Crippen LogP contribution in [0.5, 0.6) is 0 Å². The Morgan fingerprint density at radius 2 is 1.97 bits per heavy atom. The number of amides is 1. The molecule has 6 nitrogen and oxygen atoms in total. The maximum Gasteiger partial charge on any atom is 0.271 e. The number of aryl methyl sites for hydroxylation is 1. The number of carbonyl (C=O) groups is 1. The van der Waals surface area contributed by atoms with Gasteiger partial charge in [-0.3, -0.25) is 14.0 Å².